The van der Waals surface area contributed by atoms with Crippen molar-refractivity contribution >= 4 is 5.52 Å². The van der Waals surface area contributed by atoms with Crippen LogP contribution in [0.3, 0.4) is 0 Å². The summed E-state index contributed by atoms with van der Waals surface area (Å²) >= 11 is 0. The topological polar surface area (TPSA) is 51.7 Å². The van der Waals surface area contributed by atoms with E-state index in [1.54, 1.807) is 0 Å². The minimum Gasteiger partial charge on any atom is -0.392 e. The van der Waals surface area contributed by atoms with Crippen LogP contribution in [0.1, 0.15) is 17.5 Å². The molecule has 0 aromatic carbocycles. The third-order valence-electron chi connectivity index (χ3n) is 3.52. The number of aromatic nitrogens is 1. The van der Waals surface area contributed by atoms with Gasteiger partial charge in [0.05, 0.1) is 17.2 Å². The van der Waals surface area contributed by atoms with Crippen molar-refractivity contribution in [2.75, 3.05) is 13.1 Å². The quantitative estimate of drug-likeness (QED) is 0.864. The molecule has 0 aliphatic carbocycles. The lowest BCUT2D eigenvalue weighted by atomic mass is 10.1. The summed E-state index contributed by atoms with van der Waals surface area (Å²) in [5, 5.41) is 18.8. The summed E-state index contributed by atoms with van der Waals surface area (Å²) in [6.07, 6.45) is 4.58. The number of aliphatic hydroxyl groups excluding tert-OH is 1. The first kappa shape index (κ1) is 11.3. The van der Waals surface area contributed by atoms with Gasteiger partial charge in [0.25, 0.3) is 0 Å². The standard InChI is InChI=1S/C14H15N3O/c15-7-13-11(8-16-6-4-12(18)10-16)9-17-5-2-1-3-14(13)17/h1-3,5,9,12,18H,4,6,8,10H2/t12-/m0/s1. The van der Waals surface area contributed by atoms with E-state index in [1.807, 2.05) is 35.0 Å². The van der Waals surface area contributed by atoms with Gasteiger partial charge in [0.15, 0.2) is 0 Å². The molecule has 1 saturated heterocycles. The number of likely N-dealkylation sites (tertiary alicyclic amines) is 1. The summed E-state index contributed by atoms with van der Waals surface area (Å²) in [4.78, 5) is 2.19. The molecule has 1 N–H and O–H groups in total. The lowest BCUT2D eigenvalue weighted by Crippen LogP contribution is -2.21. The molecule has 4 nitrogen and oxygen atoms in total. The molecule has 1 aliphatic heterocycles. The van der Waals surface area contributed by atoms with E-state index in [0.29, 0.717) is 6.54 Å². The molecule has 0 unspecified atom stereocenters. The highest BCUT2D eigenvalue weighted by Gasteiger charge is 2.22. The molecule has 1 aliphatic rings. The molecule has 18 heavy (non-hydrogen) atoms. The molecule has 0 spiro atoms. The van der Waals surface area contributed by atoms with Crippen molar-refractivity contribution in [1.82, 2.24) is 9.30 Å². The summed E-state index contributed by atoms with van der Waals surface area (Å²) in [6, 6.07) is 8.15. The Balaban J connectivity index is 1.94. The van der Waals surface area contributed by atoms with E-state index in [0.717, 1.165) is 36.2 Å². The molecule has 2 aromatic rings. The van der Waals surface area contributed by atoms with Crippen molar-refractivity contribution in [2.24, 2.45) is 0 Å². The Kier molecular flexibility index (Phi) is 2.78. The zero-order valence-corrected chi connectivity index (χ0v) is 10.1. The third kappa shape index (κ3) is 1.88. The highest BCUT2D eigenvalue weighted by molar-refractivity contribution is 5.65. The largest absolute Gasteiger partial charge is 0.392 e. The van der Waals surface area contributed by atoms with E-state index in [4.69, 9.17) is 0 Å². The minimum atomic E-state index is -0.215. The lowest BCUT2D eigenvalue weighted by molar-refractivity contribution is 0.175. The van der Waals surface area contributed by atoms with Crippen LogP contribution in [0.15, 0.2) is 30.6 Å². The van der Waals surface area contributed by atoms with Crippen molar-refractivity contribution < 1.29 is 5.11 Å². The van der Waals surface area contributed by atoms with Crippen molar-refractivity contribution in [3.05, 3.63) is 41.7 Å². The zero-order chi connectivity index (χ0) is 12.5. The summed E-state index contributed by atoms with van der Waals surface area (Å²) < 4.78 is 1.99. The van der Waals surface area contributed by atoms with Gasteiger partial charge in [0.1, 0.15) is 6.07 Å². The number of hydrogen-bond acceptors (Lipinski definition) is 3. The van der Waals surface area contributed by atoms with Crippen LogP contribution < -0.4 is 0 Å². The number of aliphatic hydroxyl groups is 1. The summed E-state index contributed by atoms with van der Waals surface area (Å²) in [7, 11) is 0. The Bertz CT molecular complexity index is 611. The predicted molar refractivity (Wildman–Crippen MR) is 68.0 cm³/mol. The van der Waals surface area contributed by atoms with Gasteiger partial charge >= 0.3 is 0 Å². The molecule has 0 saturated carbocycles. The Morgan fingerprint density at radius 1 is 1.44 bits per heavy atom. The molecule has 2 aromatic heterocycles. The third-order valence-corrected chi connectivity index (χ3v) is 3.52. The summed E-state index contributed by atoms with van der Waals surface area (Å²) in [5.41, 5.74) is 2.74. The first-order chi connectivity index (χ1) is 8.78. The molecular formula is C14H15N3O. The normalized spacial score (nSPS) is 20.3. The Labute approximate surface area is 106 Å². The fourth-order valence-corrected chi connectivity index (χ4v) is 2.62. The van der Waals surface area contributed by atoms with Crippen molar-refractivity contribution in [3.63, 3.8) is 0 Å². The van der Waals surface area contributed by atoms with Crippen LogP contribution in [0.25, 0.3) is 5.52 Å². The minimum absolute atomic E-state index is 0.215. The molecule has 0 amide bonds. The van der Waals surface area contributed by atoms with E-state index >= 15 is 0 Å². The highest BCUT2D eigenvalue weighted by atomic mass is 16.3. The van der Waals surface area contributed by atoms with Gasteiger partial charge in [-0.2, -0.15) is 5.26 Å². The maximum atomic E-state index is 9.53. The highest BCUT2D eigenvalue weighted by Crippen LogP contribution is 2.21. The van der Waals surface area contributed by atoms with Crippen molar-refractivity contribution in [3.8, 4) is 6.07 Å². The van der Waals surface area contributed by atoms with Gasteiger partial charge in [-0.1, -0.05) is 6.07 Å². The van der Waals surface area contributed by atoms with E-state index in [-0.39, 0.29) is 6.10 Å². The van der Waals surface area contributed by atoms with E-state index < -0.39 is 0 Å². The fourth-order valence-electron chi connectivity index (χ4n) is 2.62. The molecule has 1 atom stereocenters. The van der Waals surface area contributed by atoms with Crippen LogP contribution >= 0.6 is 0 Å². The van der Waals surface area contributed by atoms with Gasteiger partial charge in [-0.05, 0) is 18.6 Å². The molecule has 0 bridgehead atoms. The number of hydrogen-bond donors (Lipinski definition) is 1. The van der Waals surface area contributed by atoms with Gasteiger partial charge in [-0.15, -0.1) is 0 Å². The van der Waals surface area contributed by atoms with Gasteiger partial charge in [-0.25, -0.2) is 0 Å². The summed E-state index contributed by atoms with van der Waals surface area (Å²) in [6.45, 7) is 2.34. The van der Waals surface area contributed by atoms with Crippen molar-refractivity contribution in [2.45, 2.75) is 19.1 Å². The SMILES string of the molecule is N#Cc1c(CN2CC[C@H](O)C2)cn2ccccc12. The second-order valence-corrected chi connectivity index (χ2v) is 4.81. The van der Waals surface area contributed by atoms with E-state index in [1.165, 1.54) is 0 Å². The number of nitrogens with zero attached hydrogens (tertiary/aromatic N) is 3. The number of rotatable bonds is 2. The Morgan fingerprint density at radius 3 is 3.06 bits per heavy atom. The molecule has 3 rings (SSSR count). The molecule has 1 fully saturated rings. The second kappa shape index (κ2) is 4.45. The van der Waals surface area contributed by atoms with Gasteiger partial charge < -0.3 is 9.51 Å². The van der Waals surface area contributed by atoms with Gasteiger partial charge in [0.2, 0.25) is 0 Å². The van der Waals surface area contributed by atoms with Crippen LogP contribution in [0, 0.1) is 11.3 Å². The first-order valence-electron chi connectivity index (χ1n) is 6.17. The van der Waals surface area contributed by atoms with Crippen LogP contribution in [0.5, 0.6) is 0 Å². The second-order valence-electron chi connectivity index (χ2n) is 4.81. The first-order valence-corrected chi connectivity index (χ1v) is 6.17. The van der Waals surface area contributed by atoms with Gasteiger partial charge in [0, 0.05) is 37.6 Å². The fraction of sp³-hybridized carbons (Fsp3) is 0.357. The Morgan fingerprint density at radius 2 is 2.33 bits per heavy atom. The summed E-state index contributed by atoms with van der Waals surface area (Å²) in [5.74, 6) is 0. The van der Waals surface area contributed by atoms with Crippen LogP contribution in [-0.2, 0) is 6.54 Å². The average molecular weight is 241 g/mol. The van der Waals surface area contributed by atoms with E-state index in [9.17, 15) is 10.4 Å². The zero-order valence-electron chi connectivity index (χ0n) is 10.1. The number of β-amino-alcohol motifs (C(OH)–C–C–N with tert-alkyl or cyclic N) is 1. The predicted octanol–water partition coefficient (Wildman–Crippen LogP) is 1.38. The average Bonchev–Trinajstić information content (AvgIpc) is 2.92. The maximum absolute atomic E-state index is 9.53. The maximum Gasteiger partial charge on any atom is 0.102 e. The molecule has 0 radical (unpaired) electrons. The molecule has 92 valence electrons. The van der Waals surface area contributed by atoms with Gasteiger partial charge in [-0.3, -0.25) is 4.90 Å². The monoisotopic (exact) mass is 241 g/mol. The van der Waals surface area contributed by atoms with Crippen LogP contribution in [-0.4, -0.2) is 33.6 Å². The van der Waals surface area contributed by atoms with Crippen LogP contribution in [0.2, 0.25) is 0 Å². The Hall–Kier alpha value is -1.83. The molecule has 3 heterocycles. The lowest BCUT2D eigenvalue weighted by Gasteiger charge is -2.13. The smallest absolute Gasteiger partial charge is 0.102 e. The van der Waals surface area contributed by atoms with E-state index in [2.05, 4.69) is 11.0 Å². The van der Waals surface area contributed by atoms with Crippen LogP contribution in [0.4, 0.5) is 0 Å². The molecular weight excluding hydrogens is 226 g/mol. The number of nitriles is 1. The van der Waals surface area contributed by atoms with Crippen molar-refractivity contribution in [1.29, 1.82) is 5.26 Å². The number of fused-ring (bicyclic) bond motifs is 1. The molecule has 4 heteroatoms. The number of pyridine rings is 1.